The second kappa shape index (κ2) is 5.70. The van der Waals surface area contributed by atoms with E-state index in [1.807, 2.05) is 0 Å². The number of carbonyl (C=O) groups excluding carboxylic acids is 2. The lowest BCUT2D eigenvalue weighted by molar-refractivity contribution is -0.128. The summed E-state index contributed by atoms with van der Waals surface area (Å²) in [6, 6.07) is -0.175. The highest BCUT2D eigenvalue weighted by molar-refractivity contribution is 5.87. The predicted molar refractivity (Wildman–Crippen MR) is 57.3 cm³/mol. The summed E-state index contributed by atoms with van der Waals surface area (Å²) in [5.41, 5.74) is 0. The number of likely N-dealkylation sites (N-methyl/N-ethyl adjacent to an activating group) is 1. The molecule has 1 unspecified atom stereocenters. The monoisotopic (exact) mass is 213 g/mol. The van der Waals surface area contributed by atoms with E-state index in [0.29, 0.717) is 6.42 Å². The molecule has 86 valence electrons. The van der Waals surface area contributed by atoms with Crippen LogP contribution in [0.15, 0.2) is 0 Å². The molecular weight excluding hydrogens is 194 g/mol. The van der Waals surface area contributed by atoms with Gasteiger partial charge in [0.05, 0.1) is 0 Å². The lowest BCUT2D eigenvalue weighted by Crippen LogP contribution is -2.45. The van der Waals surface area contributed by atoms with Gasteiger partial charge in [0.2, 0.25) is 11.8 Å². The van der Waals surface area contributed by atoms with Gasteiger partial charge in [0.15, 0.2) is 0 Å². The number of nitrogens with one attached hydrogen (secondary N) is 3. The molecular formula is C10H19N3O2. The molecule has 1 rings (SSSR count). The second-order valence-electron chi connectivity index (χ2n) is 3.90. The molecule has 1 aliphatic rings. The van der Waals surface area contributed by atoms with Gasteiger partial charge in [-0.05, 0) is 26.3 Å². The molecule has 2 atom stereocenters. The van der Waals surface area contributed by atoms with Crippen LogP contribution < -0.4 is 16.0 Å². The highest BCUT2D eigenvalue weighted by atomic mass is 16.2. The van der Waals surface area contributed by atoms with Gasteiger partial charge >= 0.3 is 0 Å². The largest absolute Gasteiger partial charge is 0.357 e. The van der Waals surface area contributed by atoms with Gasteiger partial charge in [-0.25, -0.2) is 0 Å². The van der Waals surface area contributed by atoms with Crippen LogP contribution in [0.1, 0.15) is 26.2 Å². The first-order valence-electron chi connectivity index (χ1n) is 5.38. The van der Waals surface area contributed by atoms with Crippen molar-refractivity contribution in [2.24, 2.45) is 0 Å². The maximum atomic E-state index is 11.5. The Labute approximate surface area is 90.0 Å². The number of rotatable bonds is 4. The van der Waals surface area contributed by atoms with Crippen molar-refractivity contribution in [3.8, 4) is 0 Å². The Kier molecular flexibility index (Phi) is 4.55. The molecule has 2 amide bonds. The van der Waals surface area contributed by atoms with E-state index in [1.54, 1.807) is 14.0 Å². The Bertz CT molecular complexity index is 237. The maximum absolute atomic E-state index is 11.5. The molecule has 3 N–H and O–H groups in total. The normalized spacial score (nSPS) is 22.1. The van der Waals surface area contributed by atoms with Crippen LogP contribution in [0.5, 0.6) is 0 Å². The van der Waals surface area contributed by atoms with E-state index in [1.165, 1.54) is 0 Å². The molecule has 15 heavy (non-hydrogen) atoms. The van der Waals surface area contributed by atoms with Crippen molar-refractivity contribution >= 4 is 11.8 Å². The third kappa shape index (κ3) is 3.87. The van der Waals surface area contributed by atoms with Crippen LogP contribution in [0.3, 0.4) is 0 Å². The van der Waals surface area contributed by atoms with E-state index < -0.39 is 6.04 Å². The minimum atomic E-state index is -0.455. The maximum Gasteiger partial charge on any atom is 0.242 e. The topological polar surface area (TPSA) is 70.2 Å². The molecule has 1 saturated heterocycles. The Morgan fingerprint density at radius 3 is 2.80 bits per heavy atom. The van der Waals surface area contributed by atoms with Crippen molar-refractivity contribution in [2.75, 3.05) is 13.6 Å². The van der Waals surface area contributed by atoms with E-state index in [-0.39, 0.29) is 17.9 Å². The minimum absolute atomic E-state index is 0.0644. The molecule has 0 bridgehead atoms. The molecule has 0 saturated carbocycles. The smallest absolute Gasteiger partial charge is 0.242 e. The van der Waals surface area contributed by atoms with Crippen LogP contribution >= 0.6 is 0 Å². The Morgan fingerprint density at radius 1 is 1.53 bits per heavy atom. The summed E-state index contributed by atoms with van der Waals surface area (Å²) >= 11 is 0. The van der Waals surface area contributed by atoms with Crippen molar-refractivity contribution < 1.29 is 9.59 Å². The van der Waals surface area contributed by atoms with Gasteiger partial charge in [0.1, 0.15) is 6.04 Å². The highest BCUT2D eigenvalue weighted by Crippen LogP contribution is 2.08. The average Bonchev–Trinajstić information content (AvgIpc) is 2.68. The summed E-state index contributed by atoms with van der Waals surface area (Å²) in [5.74, 6) is -0.228. The molecule has 1 fully saturated rings. The Hall–Kier alpha value is -1.10. The summed E-state index contributed by atoms with van der Waals surface area (Å²) in [6.07, 6.45) is 2.63. The van der Waals surface area contributed by atoms with Gasteiger partial charge in [-0.2, -0.15) is 0 Å². The zero-order chi connectivity index (χ0) is 11.3. The van der Waals surface area contributed by atoms with Gasteiger partial charge in [-0.3, -0.25) is 9.59 Å². The van der Waals surface area contributed by atoms with Crippen LogP contribution in [0.4, 0.5) is 0 Å². The molecule has 5 nitrogen and oxygen atoms in total. The molecule has 1 aliphatic heterocycles. The van der Waals surface area contributed by atoms with Crippen molar-refractivity contribution in [3.05, 3.63) is 0 Å². The summed E-state index contributed by atoms with van der Waals surface area (Å²) < 4.78 is 0. The SMILES string of the molecule is CNC(=O)[C@@H](C)NC(=O)CC1CCCN1. The van der Waals surface area contributed by atoms with Crippen molar-refractivity contribution in [1.82, 2.24) is 16.0 Å². The Morgan fingerprint density at radius 2 is 2.27 bits per heavy atom. The molecule has 1 heterocycles. The summed E-state index contributed by atoms with van der Waals surface area (Å²) in [5, 5.41) is 8.40. The van der Waals surface area contributed by atoms with Gasteiger partial charge in [0, 0.05) is 19.5 Å². The molecule has 0 aliphatic carbocycles. The first-order valence-corrected chi connectivity index (χ1v) is 5.38. The van der Waals surface area contributed by atoms with Gasteiger partial charge < -0.3 is 16.0 Å². The summed E-state index contributed by atoms with van der Waals surface area (Å²) in [4.78, 5) is 22.6. The first kappa shape index (κ1) is 12.0. The molecule has 0 spiro atoms. The van der Waals surface area contributed by atoms with Crippen LogP contribution in [0.25, 0.3) is 0 Å². The first-order chi connectivity index (χ1) is 7.13. The fourth-order valence-corrected chi connectivity index (χ4v) is 1.74. The molecule has 0 aromatic rings. The summed E-state index contributed by atoms with van der Waals surface area (Å²) in [6.45, 7) is 2.67. The van der Waals surface area contributed by atoms with E-state index >= 15 is 0 Å². The molecule has 5 heteroatoms. The van der Waals surface area contributed by atoms with Gasteiger partial charge in [-0.15, -0.1) is 0 Å². The lowest BCUT2D eigenvalue weighted by Gasteiger charge is -2.14. The van der Waals surface area contributed by atoms with Crippen molar-refractivity contribution in [3.63, 3.8) is 0 Å². The van der Waals surface area contributed by atoms with Crippen LogP contribution in [-0.4, -0.2) is 37.5 Å². The number of hydrogen-bond acceptors (Lipinski definition) is 3. The standard InChI is InChI=1S/C10H19N3O2/c1-7(10(15)11-2)13-9(14)6-8-4-3-5-12-8/h7-8,12H,3-6H2,1-2H3,(H,11,15)(H,13,14)/t7-,8?/m1/s1. The van der Waals surface area contributed by atoms with E-state index in [4.69, 9.17) is 0 Å². The highest BCUT2D eigenvalue weighted by Gasteiger charge is 2.20. The second-order valence-corrected chi connectivity index (χ2v) is 3.90. The van der Waals surface area contributed by atoms with Crippen molar-refractivity contribution in [1.29, 1.82) is 0 Å². The predicted octanol–water partition coefficient (Wildman–Crippen LogP) is -0.621. The number of hydrogen-bond donors (Lipinski definition) is 3. The minimum Gasteiger partial charge on any atom is -0.357 e. The van der Waals surface area contributed by atoms with Gasteiger partial charge in [-0.1, -0.05) is 0 Å². The third-order valence-corrected chi connectivity index (χ3v) is 2.61. The zero-order valence-electron chi connectivity index (χ0n) is 9.30. The van der Waals surface area contributed by atoms with E-state index in [9.17, 15) is 9.59 Å². The lowest BCUT2D eigenvalue weighted by atomic mass is 10.1. The quantitative estimate of drug-likeness (QED) is 0.583. The zero-order valence-corrected chi connectivity index (χ0v) is 9.30. The van der Waals surface area contributed by atoms with Crippen LogP contribution in [-0.2, 0) is 9.59 Å². The number of amides is 2. The summed E-state index contributed by atoms with van der Waals surface area (Å²) in [7, 11) is 1.56. The fourth-order valence-electron chi connectivity index (χ4n) is 1.74. The molecule has 0 aromatic carbocycles. The van der Waals surface area contributed by atoms with E-state index in [2.05, 4.69) is 16.0 Å². The van der Waals surface area contributed by atoms with Crippen LogP contribution in [0, 0.1) is 0 Å². The molecule has 0 radical (unpaired) electrons. The average molecular weight is 213 g/mol. The Balaban J connectivity index is 2.25. The van der Waals surface area contributed by atoms with Crippen LogP contribution in [0.2, 0.25) is 0 Å². The van der Waals surface area contributed by atoms with Gasteiger partial charge in [0.25, 0.3) is 0 Å². The van der Waals surface area contributed by atoms with Crippen molar-refractivity contribution in [2.45, 2.75) is 38.3 Å². The van der Waals surface area contributed by atoms with E-state index in [0.717, 1.165) is 19.4 Å². The number of carbonyl (C=O) groups is 2. The molecule has 0 aromatic heterocycles. The third-order valence-electron chi connectivity index (χ3n) is 2.61. The fraction of sp³-hybridized carbons (Fsp3) is 0.800.